The smallest absolute Gasteiger partial charge is 0.336 e. The molecule has 1 aliphatic heterocycles. The Hall–Kier alpha value is -3.34. The van der Waals surface area contributed by atoms with Gasteiger partial charge in [-0.2, -0.15) is 0 Å². The maximum Gasteiger partial charge on any atom is 0.336 e. The van der Waals surface area contributed by atoms with Crippen LogP contribution in [0.5, 0.6) is 11.5 Å². The van der Waals surface area contributed by atoms with E-state index in [2.05, 4.69) is 0 Å². The van der Waals surface area contributed by atoms with Gasteiger partial charge in [-0.3, -0.25) is 4.79 Å². The number of fused-ring (bicyclic) bond motifs is 3. The van der Waals surface area contributed by atoms with E-state index in [1.54, 1.807) is 19.9 Å². The van der Waals surface area contributed by atoms with Crippen LogP contribution in [0, 0.1) is 5.92 Å². The van der Waals surface area contributed by atoms with Gasteiger partial charge in [0.1, 0.15) is 22.7 Å². The number of hydrogen-bond acceptors (Lipinski definition) is 5. The molecule has 0 unspecified atom stereocenters. The highest BCUT2D eigenvalue weighted by Crippen LogP contribution is 2.47. The lowest BCUT2D eigenvalue weighted by atomic mass is 9.89. The zero-order valence-corrected chi connectivity index (χ0v) is 16.8. The van der Waals surface area contributed by atoms with Gasteiger partial charge in [-0.15, -0.1) is 0 Å². The normalized spacial score (nSPS) is 14.7. The van der Waals surface area contributed by atoms with E-state index in [4.69, 9.17) is 9.15 Å². The second-order valence-electron chi connectivity index (χ2n) is 8.07. The van der Waals surface area contributed by atoms with E-state index in [0.717, 1.165) is 5.56 Å². The number of ketones is 1. The molecule has 0 atom stereocenters. The van der Waals surface area contributed by atoms with Gasteiger partial charge in [0.2, 0.25) is 0 Å². The van der Waals surface area contributed by atoms with Crippen molar-refractivity contribution in [1.29, 1.82) is 0 Å². The molecule has 2 heterocycles. The Balaban J connectivity index is 2.20. The van der Waals surface area contributed by atoms with Crippen molar-refractivity contribution < 1.29 is 19.1 Å². The molecule has 0 fully saturated rings. The molecule has 0 spiro atoms. The summed E-state index contributed by atoms with van der Waals surface area (Å²) in [5, 5.41) is 11.6. The molecule has 5 heteroatoms. The van der Waals surface area contributed by atoms with E-state index in [-0.39, 0.29) is 34.3 Å². The predicted octanol–water partition coefficient (Wildman–Crippen LogP) is 5.19. The highest BCUT2D eigenvalue weighted by atomic mass is 16.5. The highest BCUT2D eigenvalue weighted by Gasteiger charge is 2.33. The third-order valence-electron chi connectivity index (χ3n) is 5.02. The van der Waals surface area contributed by atoms with Crippen molar-refractivity contribution in [2.45, 2.75) is 33.3 Å². The summed E-state index contributed by atoms with van der Waals surface area (Å²) in [5.41, 5.74) is 0.839. The molecule has 0 radical (unpaired) electrons. The average molecular weight is 390 g/mol. The Morgan fingerprint density at radius 2 is 1.83 bits per heavy atom. The topological polar surface area (TPSA) is 76.7 Å². The van der Waals surface area contributed by atoms with Crippen LogP contribution in [0.15, 0.2) is 51.7 Å². The van der Waals surface area contributed by atoms with Gasteiger partial charge in [-0.05, 0) is 31.6 Å². The van der Waals surface area contributed by atoms with Gasteiger partial charge in [0.05, 0.1) is 10.9 Å². The molecular formula is C24H22O5. The number of phenols is 1. The maximum atomic E-state index is 13.1. The molecule has 148 valence electrons. The Labute approximate surface area is 168 Å². The van der Waals surface area contributed by atoms with Gasteiger partial charge in [-0.25, -0.2) is 4.79 Å². The number of carbonyl (C=O) groups is 1. The Morgan fingerprint density at radius 1 is 1.14 bits per heavy atom. The lowest BCUT2D eigenvalue weighted by Gasteiger charge is -2.30. The predicted molar refractivity (Wildman–Crippen MR) is 112 cm³/mol. The van der Waals surface area contributed by atoms with Crippen LogP contribution in [0.3, 0.4) is 0 Å². The van der Waals surface area contributed by atoms with Gasteiger partial charge < -0.3 is 14.3 Å². The van der Waals surface area contributed by atoms with E-state index in [1.165, 1.54) is 6.07 Å². The number of carbonyl (C=O) groups excluding carboxylic acids is 1. The maximum absolute atomic E-state index is 13.1. The van der Waals surface area contributed by atoms with Crippen molar-refractivity contribution in [2.75, 3.05) is 0 Å². The molecular weight excluding hydrogens is 368 g/mol. The van der Waals surface area contributed by atoms with E-state index in [9.17, 15) is 14.7 Å². The van der Waals surface area contributed by atoms with Gasteiger partial charge in [0.25, 0.3) is 0 Å². The lowest BCUT2D eigenvalue weighted by molar-refractivity contribution is 0.0923. The van der Waals surface area contributed by atoms with Crippen LogP contribution in [0.25, 0.3) is 28.2 Å². The molecule has 29 heavy (non-hydrogen) atoms. The second kappa shape index (κ2) is 6.62. The Morgan fingerprint density at radius 3 is 2.48 bits per heavy atom. The molecule has 0 bridgehead atoms. The number of hydrogen-bond donors (Lipinski definition) is 1. The molecule has 0 saturated heterocycles. The first-order valence-electron chi connectivity index (χ1n) is 9.54. The summed E-state index contributed by atoms with van der Waals surface area (Å²) in [6, 6.07) is 10.6. The fraction of sp³-hybridized carbons (Fsp3) is 0.250. The number of phenolic OH excluding ortho intramolecular Hbond substituents is 1. The third-order valence-corrected chi connectivity index (χ3v) is 5.02. The minimum Gasteiger partial charge on any atom is -0.506 e. The van der Waals surface area contributed by atoms with Crippen molar-refractivity contribution in [3.05, 3.63) is 64.0 Å². The van der Waals surface area contributed by atoms with Crippen LogP contribution in [-0.2, 0) is 0 Å². The summed E-state index contributed by atoms with van der Waals surface area (Å²) in [4.78, 5) is 25.4. The van der Waals surface area contributed by atoms with Crippen molar-refractivity contribution in [2.24, 2.45) is 5.92 Å². The molecule has 0 saturated carbocycles. The van der Waals surface area contributed by atoms with Gasteiger partial charge in [0, 0.05) is 17.5 Å². The van der Waals surface area contributed by atoms with E-state index in [0.29, 0.717) is 16.5 Å². The monoisotopic (exact) mass is 390 g/mol. The third kappa shape index (κ3) is 3.12. The number of ether oxygens (including phenoxy) is 1. The molecule has 1 aliphatic rings. The molecule has 2 aromatic carbocycles. The minimum absolute atomic E-state index is 0.117. The van der Waals surface area contributed by atoms with E-state index in [1.807, 2.05) is 50.3 Å². The molecule has 5 nitrogen and oxygen atoms in total. The number of benzene rings is 2. The van der Waals surface area contributed by atoms with Crippen molar-refractivity contribution in [1.82, 2.24) is 0 Å². The summed E-state index contributed by atoms with van der Waals surface area (Å²) in [7, 11) is 0. The van der Waals surface area contributed by atoms with Crippen LogP contribution in [-0.4, -0.2) is 16.5 Å². The van der Waals surface area contributed by atoms with E-state index < -0.39 is 11.2 Å². The van der Waals surface area contributed by atoms with Crippen LogP contribution < -0.4 is 10.4 Å². The van der Waals surface area contributed by atoms with Crippen molar-refractivity contribution in [3.63, 3.8) is 0 Å². The zero-order valence-electron chi connectivity index (χ0n) is 16.8. The Kier molecular flexibility index (Phi) is 4.34. The highest BCUT2D eigenvalue weighted by molar-refractivity contribution is 6.13. The van der Waals surface area contributed by atoms with Crippen molar-refractivity contribution >= 4 is 22.8 Å². The first-order valence-corrected chi connectivity index (χ1v) is 9.54. The van der Waals surface area contributed by atoms with Gasteiger partial charge >= 0.3 is 5.63 Å². The van der Waals surface area contributed by atoms with Crippen LogP contribution in [0.1, 0.15) is 43.6 Å². The fourth-order valence-corrected chi connectivity index (χ4v) is 3.59. The summed E-state index contributed by atoms with van der Waals surface area (Å²) >= 11 is 0. The molecule has 0 aliphatic carbocycles. The summed E-state index contributed by atoms with van der Waals surface area (Å²) in [6.45, 7) is 7.25. The number of Topliss-reactive ketones (excluding diaryl/α,β-unsaturated/α-hetero) is 1. The molecule has 0 amide bonds. The standard InChI is InChI=1S/C24H22O5/c1-13(2)20(26)19-21(27)18-16(14-8-6-5-7-9-14)12-17(25)28-22(18)15-10-11-24(3,4)29-23(15)19/h5-13,27H,1-4H3. The summed E-state index contributed by atoms with van der Waals surface area (Å²) in [6.07, 6.45) is 3.63. The van der Waals surface area contributed by atoms with E-state index >= 15 is 0 Å². The van der Waals surface area contributed by atoms with Crippen molar-refractivity contribution in [3.8, 4) is 22.6 Å². The van der Waals surface area contributed by atoms with Gasteiger partial charge in [0.15, 0.2) is 11.4 Å². The number of aromatic hydroxyl groups is 1. The number of rotatable bonds is 3. The Bertz CT molecular complexity index is 1210. The SMILES string of the molecule is CC(C)C(=O)c1c2c(c3oc(=O)cc(-c4ccccc4)c3c1O)C=CC(C)(C)O2. The second-order valence-corrected chi connectivity index (χ2v) is 8.07. The van der Waals surface area contributed by atoms with Crippen LogP contribution >= 0.6 is 0 Å². The first-order chi connectivity index (χ1) is 13.7. The van der Waals surface area contributed by atoms with Crippen LogP contribution in [0.4, 0.5) is 0 Å². The minimum atomic E-state index is -0.670. The summed E-state index contributed by atoms with van der Waals surface area (Å²) < 4.78 is 11.6. The molecule has 1 aromatic heterocycles. The lowest BCUT2D eigenvalue weighted by Crippen LogP contribution is -2.29. The first kappa shape index (κ1) is 19.0. The van der Waals surface area contributed by atoms with Crippen LogP contribution in [0.2, 0.25) is 0 Å². The molecule has 1 N–H and O–H groups in total. The molecule has 3 aromatic rings. The summed E-state index contributed by atoms with van der Waals surface area (Å²) in [5.74, 6) is -0.575. The average Bonchev–Trinajstić information content (AvgIpc) is 2.67. The zero-order chi connectivity index (χ0) is 20.9. The quantitative estimate of drug-likeness (QED) is 0.492. The fourth-order valence-electron chi connectivity index (χ4n) is 3.59. The van der Waals surface area contributed by atoms with Gasteiger partial charge in [-0.1, -0.05) is 44.2 Å². The largest absolute Gasteiger partial charge is 0.506 e. The molecule has 4 rings (SSSR count).